The Balaban J connectivity index is 2.45. The number of hydrogen-bond acceptors (Lipinski definition) is 2. The van der Waals surface area contributed by atoms with E-state index < -0.39 is 0 Å². The summed E-state index contributed by atoms with van der Waals surface area (Å²) in [5, 5.41) is 0. The fourth-order valence-electron chi connectivity index (χ4n) is 2.42. The maximum Gasteiger partial charge on any atom is 0.124 e. The van der Waals surface area contributed by atoms with E-state index in [2.05, 4.69) is 15.9 Å². The average Bonchev–Trinajstić information content (AvgIpc) is 2.37. The molecule has 2 N–H and O–H groups in total. The predicted molar refractivity (Wildman–Crippen MR) is 82.6 cm³/mol. The van der Waals surface area contributed by atoms with Crippen molar-refractivity contribution in [1.82, 2.24) is 0 Å². The van der Waals surface area contributed by atoms with Crippen LogP contribution in [0.1, 0.15) is 28.3 Å². The SMILES string of the molecule is COc1c(C)cc(C(N)c2ccc(F)cc2Br)cc1C. The second-order valence-corrected chi connectivity index (χ2v) is 5.69. The number of halogens is 2. The van der Waals surface area contributed by atoms with Crippen molar-refractivity contribution >= 4 is 15.9 Å². The molecule has 1 atom stereocenters. The molecular weight excluding hydrogens is 321 g/mol. The first-order valence-corrected chi connectivity index (χ1v) is 7.09. The van der Waals surface area contributed by atoms with Crippen LogP contribution in [0, 0.1) is 19.7 Å². The van der Waals surface area contributed by atoms with Gasteiger partial charge in [0, 0.05) is 4.47 Å². The van der Waals surface area contributed by atoms with E-state index in [1.54, 1.807) is 13.2 Å². The van der Waals surface area contributed by atoms with Crippen molar-refractivity contribution in [2.24, 2.45) is 5.73 Å². The molecule has 0 saturated carbocycles. The second-order valence-electron chi connectivity index (χ2n) is 4.83. The van der Waals surface area contributed by atoms with Gasteiger partial charge in [0.15, 0.2) is 0 Å². The average molecular weight is 338 g/mol. The first-order chi connectivity index (χ1) is 9.43. The van der Waals surface area contributed by atoms with Crippen LogP contribution in [-0.4, -0.2) is 7.11 Å². The fourth-order valence-corrected chi connectivity index (χ4v) is 3.02. The number of benzene rings is 2. The van der Waals surface area contributed by atoms with E-state index in [4.69, 9.17) is 10.5 Å². The third-order valence-corrected chi connectivity index (χ3v) is 4.03. The monoisotopic (exact) mass is 337 g/mol. The molecule has 0 amide bonds. The molecule has 0 bridgehead atoms. The Hall–Kier alpha value is -1.39. The van der Waals surface area contributed by atoms with E-state index >= 15 is 0 Å². The summed E-state index contributed by atoms with van der Waals surface area (Å²) in [6.07, 6.45) is 0. The minimum absolute atomic E-state index is 0.282. The molecule has 0 heterocycles. The maximum atomic E-state index is 13.2. The van der Waals surface area contributed by atoms with Gasteiger partial charge >= 0.3 is 0 Å². The molecule has 4 heteroatoms. The Labute approximate surface area is 126 Å². The Morgan fingerprint density at radius 3 is 2.25 bits per heavy atom. The van der Waals surface area contributed by atoms with Gasteiger partial charge in [0.1, 0.15) is 11.6 Å². The van der Waals surface area contributed by atoms with Crippen molar-refractivity contribution < 1.29 is 9.13 Å². The third-order valence-electron chi connectivity index (χ3n) is 3.34. The molecule has 0 spiro atoms. The summed E-state index contributed by atoms with van der Waals surface area (Å²) in [6, 6.07) is 8.26. The van der Waals surface area contributed by atoms with Crippen molar-refractivity contribution in [3.8, 4) is 5.75 Å². The van der Waals surface area contributed by atoms with Crippen LogP contribution in [0.5, 0.6) is 5.75 Å². The third kappa shape index (κ3) is 2.86. The van der Waals surface area contributed by atoms with Crippen LogP contribution in [0.25, 0.3) is 0 Å². The molecule has 0 saturated heterocycles. The lowest BCUT2D eigenvalue weighted by Crippen LogP contribution is -2.13. The summed E-state index contributed by atoms with van der Waals surface area (Å²) in [5.41, 5.74) is 10.2. The Morgan fingerprint density at radius 2 is 1.75 bits per heavy atom. The fraction of sp³-hybridized carbons (Fsp3) is 0.250. The summed E-state index contributed by atoms with van der Waals surface area (Å²) in [6.45, 7) is 3.98. The number of ether oxygens (including phenoxy) is 1. The lowest BCUT2D eigenvalue weighted by molar-refractivity contribution is 0.408. The normalized spacial score (nSPS) is 12.3. The smallest absolute Gasteiger partial charge is 0.124 e. The highest BCUT2D eigenvalue weighted by molar-refractivity contribution is 9.10. The molecule has 2 rings (SSSR count). The van der Waals surface area contributed by atoms with Crippen LogP contribution in [0.2, 0.25) is 0 Å². The van der Waals surface area contributed by atoms with Gasteiger partial charge in [-0.2, -0.15) is 0 Å². The Kier molecular flexibility index (Phi) is 4.45. The number of nitrogens with two attached hydrogens (primary N) is 1. The molecule has 2 nitrogen and oxygen atoms in total. The molecule has 1 unspecified atom stereocenters. The van der Waals surface area contributed by atoms with Gasteiger partial charge in [-0.25, -0.2) is 4.39 Å². The zero-order chi connectivity index (χ0) is 14.9. The summed E-state index contributed by atoms with van der Waals surface area (Å²) in [4.78, 5) is 0. The van der Waals surface area contributed by atoms with Gasteiger partial charge in [-0.05, 0) is 48.2 Å². The molecule has 2 aromatic carbocycles. The first kappa shape index (κ1) is 15.0. The molecule has 0 radical (unpaired) electrons. The molecule has 2 aromatic rings. The van der Waals surface area contributed by atoms with E-state index in [1.165, 1.54) is 12.1 Å². The zero-order valence-electron chi connectivity index (χ0n) is 11.7. The maximum absolute atomic E-state index is 13.2. The molecule has 0 fully saturated rings. The molecule has 0 aliphatic heterocycles. The van der Waals surface area contributed by atoms with Gasteiger partial charge in [0.2, 0.25) is 0 Å². The van der Waals surface area contributed by atoms with Gasteiger partial charge in [-0.15, -0.1) is 0 Å². The molecule has 0 aromatic heterocycles. The number of aryl methyl sites for hydroxylation is 2. The van der Waals surface area contributed by atoms with E-state index in [1.807, 2.05) is 26.0 Å². The van der Waals surface area contributed by atoms with Gasteiger partial charge < -0.3 is 10.5 Å². The van der Waals surface area contributed by atoms with Crippen LogP contribution in [-0.2, 0) is 0 Å². The standard InChI is InChI=1S/C16H17BrFNO/c1-9-6-11(7-10(2)16(9)20-3)15(19)13-5-4-12(18)8-14(13)17/h4-8,15H,19H2,1-3H3. The number of methoxy groups -OCH3 is 1. The highest BCUT2D eigenvalue weighted by Gasteiger charge is 2.15. The zero-order valence-corrected chi connectivity index (χ0v) is 13.3. The van der Waals surface area contributed by atoms with Crippen LogP contribution in [0.15, 0.2) is 34.8 Å². The molecule has 106 valence electrons. The first-order valence-electron chi connectivity index (χ1n) is 6.29. The minimum atomic E-state index is -0.312. The topological polar surface area (TPSA) is 35.2 Å². The highest BCUT2D eigenvalue weighted by Crippen LogP contribution is 2.32. The van der Waals surface area contributed by atoms with Crippen molar-refractivity contribution in [2.45, 2.75) is 19.9 Å². The molecule has 0 aliphatic rings. The summed E-state index contributed by atoms with van der Waals surface area (Å²) in [7, 11) is 1.66. The summed E-state index contributed by atoms with van der Waals surface area (Å²) < 4.78 is 19.2. The molecule has 20 heavy (non-hydrogen) atoms. The van der Waals surface area contributed by atoms with Crippen LogP contribution in [0.4, 0.5) is 4.39 Å². The highest BCUT2D eigenvalue weighted by atomic mass is 79.9. The predicted octanol–water partition coefficient (Wildman–Crippen LogP) is 4.26. The lowest BCUT2D eigenvalue weighted by Gasteiger charge is -2.18. The van der Waals surface area contributed by atoms with Crippen molar-refractivity contribution in [3.05, 3.63) is 62.9 Å². The van der Waals surface area contributed by atoms with Gasteiger partial charge in [-0.3, -0.25) is 0 Å². The van der Waals surface area contributed by atoms with Gasteiger partial charge in [-0.1, -0.05) is 34.1 Å². The Bertz CT molecular complexity index is 619. The van der Waals surface area contributed by atoms with Crippen molar-refractivity contribution in [2.75, 3.05) is 7.11 Å². The Morgan fingerprint density at radius 1 is 1.15 bits per heavy atom. The van der Waals surface area contributed by atoms with E-state index in [0.29, 0.717) is 4.47 Å². The lowest BCUT2D eigenvalue weighted by atomic mass is 9.95. The number of hydrogen-bond donors (Lipinski definition) is 1. The summed E-state index contributed by atoms with van der Waals surface area (Å²) in [5.74, 6) is 0.592. The molecule has 0 aliphatic carbocycles. The van der Waals surface area contributed by atoms with E-state index in [9.17, 15) is 4.39 Å². The van der Waals surface area contributed by atoms with Gasteiger partial charge in [0.25, 0.3) is 0 Å². The summed E-state index contributed by atoms with van der Waals surface area (Å²) >= 11 is 3.37. The van der Waals surface area contributed by atoms with Crippen molar-refractivity contribution in [1.29, 1.82) is 0 Å². The van der Waals surface area contributed by atoms with Crippen molar-refractivity contribution in [3.63, 3.8) is 0 Å². The quantitative estimate of drug-likeness (QED) is 0.907. The largest absolute Gasteiger partial charge is 0.496 e. The van der Waals surface area contributed by atoms with Crippen LogP contribution >= 0.6 is 15.9 Å². The second kappa shape index (κ2) is 5.94. The van der Waals surface area contributed by atoms with Crippen LogP contribution in [0.3, 0.4) is 0 Å². The van der Waals surface area contributed by atoms with Crippen LogP contribution < -0.4 is 10.5 Å². The number of rotatable bonds is 3. The minimum Gasteiger partial charge on any atom is -0.496 e. The molecular formula is C16H17BrFNO. The van der Waals surface area contributed by atoms with E-state index in [-0.39, 0.29) is 11.9 Å². The van der Waals surface area contributed by atoms with E-state index in [0.717, 1.165) is 28.0 Å². The van der Waals surface area contributed by atoms with Gasteiger partial charge in [0.05, 0.1) is 13.2 Å².